The number of benzene rings is 1. The molecular formula is C23H34O10Si. The largest absolute Gasteiger partial charge is 0.497 e. The quantitative estimate of drug-likeness (QED) is 0.368. The molecule has 5 N–H and O–H groups in total. The van der Waals surface area contributed by atoms with Crippen LogP contribution in [-0.4, -0.2) is 94.8 Å². The van der Waals surface area contributed by atoms with Crippen LogP contribution >= 0.6 is 0 Å². The molecule has 0 aliphatic heterocycles. The maximum absolute atomic E-state index is 13.9. The van der Waals surface area contributed by atoms with Crippen LogP contribution in [0.5, 0.6) is 11.5 Å². The Balaban J connectivity index is 2.39. The van der Waals surface area contributed by atoms with Gasteiger partial charge in [-0.2, -0.15) is 0 Å². The Kier molecular flexibility index (Phi) is 6.15. The molecule has 34 heavy (non-hydrogen) atoms. The molecule has 10 nitrogen and oxygen atoms in total. The van der Waals surface area contributed by atoms with Crippen molar-refractivity contribution >= 4 is 19.9 Å². The summed E-state index contributed by atoms with van der Waals surface area (Å²) in [5, 5.41) is 56.1. The molecule has 1 saturated carbocycles. The van der Waals surface area contributed by atoms with Crippen molar-refractivity contribution in [3.63, 3.8) is 0 Å². The number of aliphatic hydroxyl groups excluding tert-OH is 2. The predicted molar refractivity (Wildman–Crippen MR) is 123 cm³/mol. The normalized spacial score (nSPS) is 36.1. The number of methoxy groups -OCH3 is 2. The van der Waals surface area contributed by atoms with Gasteiger partial charge in [0.15, 0.2) is 19.5 Å². The number of aliphatic hydroxyl groups is 5. The number of ether oxygens (including phenoxy) is 2. The molecule has 11 heteroatoms. The van der Waals surface area contributed by atoms with Gasteiger partial charge in [-0.05, 0) is 31.1 Å². The number of carbonyl (C=O) groups excluding carboxylic acids is 2. The zero-order valence-corrected chi connectivity index (χ0v) is 21.7. The first-order valence-corrected chi connectivity index (χ1v) is 13.8. The van der Waals surface area contributed by atoms with Crippen LogP contribution in [0.15, 0.2) is 12.1 Å². The summed E-state index contributed by atoms with van der Waals surface area (Å²) in [6.07, 6.45) is -6.54. The fourth-order valence-electron chi connectivity index (χ4n) is 4.51. The van der Waals surface area contributed by atoms with Gasteiger partial charge >= 0.3 is 0 Å². The highest BCUT2D eigenvalue weighted by atomic mass is 28.4. The molecule has 0 spiro atoms. The first kappa shape index (κ1) is 26.7. The van der Waals surface area contributed by atoms with Gasteiger partial charge in [-0.3, -0.25) is 9.59 Å². The van der Waals surface area contributed by atoms with E-state index in [0.29, 0.717) is 0 Å². The Bertz CT molecular complexity index is 1030. The van der Waals surface area contributed by atoms with E-state index in [9.17, 15) is 35.1 Å². The number of hydrogen-bond donors (Lipinski definition) is 5. The van der Waals surface area contributed by atoms with Crippen LogP contribution < -0.4 is 9.47 Å². The average Bonchev–Trinajstić information content (AvgIpc) is 2.75. The first-order chi connectivity index (χ1) is 15.3. The van der Waals surface area contributed by atoms with Crippen molar-refractivity contribution < 1.29 is 49.0 Å². The van der Waals surface area contributed by atoms with Gasteiger partial charge in [0.2, 0.25) is 11.6 Å². The molecular weight excluding hydrogens is 464 g/mol. The zero-order valence-electron chi connectivity index (χ0n) is 20.7. The maximum atomic E-state index is 13.9. The lowest BCUT2D eigenvalue weighted by Crippen LogP contribution is -2.87. The molecule has 2 aliphatic rings. The number of carbonyl (C=O) groups is 2. The summed E-state index contributed by atoms with van der Waals surface area (Å²) in [5.74, 6) is -2.44. The van der Waals surface area contributed by atoms with Gasteiger partial charge in [0, 0.05) is 11.6 Å². The van der Waals surface area contributed by atoms with Crippen LogP contribution in [0.25, 0.3) is 0 Å². The summed E-state index contributed by atoms with van der Waals surface area (Å²) in [6, 6.07) is 2.51. The number of Topliss-reactive ketones (excluding diaryl/α,β-unsaturated/α-hetero) is 2. The van der Waals surface area contributed by atoms with Crippen molar-refractivity contribution in [2.24, 2.45) is 0 Å². The minimum Gasteiger partial charge on any atom is -0.497 e. The van der Waals surface area contributed by atoms with E-state index < -0.39 is 60.0 Å². The van der Waals surface area contributed by atoms with Gasteiger partial charge < -0.3 is 39.4 Å². The van der Waals surface area contributed by atoms with Crippen LogP contribution in [0.3, 0.4) is 0 Å². The van der Waals surface area contributed by atoms with Gasteiger partial charge in [-0.25, -0.2) is 0 Å². The zero-order chi connectivity index (χ0) is 26.2. The highest BCUT2D eigenvalue weighted by Crippen LogP contribution is 2.53. The summed E-state index contributed by atoms with van der Waals surface area (Å²) in [5.41, 5.74) is -9.54. The highest BCUT2D eigenvalue weighted by Gasteiger charge is 2.79. The summed E-state index contributed by atoms with van der Waals surface area (Å²) in [4.78, 5) is 27.6. The number of hydrogen-bond acceptors (Lipinski definition) is 10. The topological polar surface area (TPSA) is 163 Å². The Morgan fingerprint density at radius 3 is 1.94 bits per heavy atom. The summed E-state index contributed by atoms with van der Waals surface area (Å²) in [6.45, 7) is 10.2. The number of rotatable bonds is 4. The number of ketones is 2. The molecule has 0 bridgehead atoms. The fraction of sp³-hybridized carbons (Fsp3) is 0.652. The Hall–Kier alpha value is -1.86. The van der Waals surface area contributed by atoms with Crippen molar-refractivity contribution in [3.05, 3.63) is 23.3 Å². The van der Waals surface area contributed by atoms with Crippen LogP contribution in [0.1, 0.15) is 48.4 Å². The minimum atomic E-state index is -3.24. The third-order valence-electron chi connectivity index (χ3n) is 7.73. The molecule has 1 fully saturated rings. The van der Waals surface area contributed by atoms with Crippen molar-refractivity contribution in [3.8, 4) is 11.5 Å². The molecule has 1 aromatic carbocycles. The number of fused-ring (bicyclic) bond motifs is 2. The molecule has 2 aliphatic carbocycles. The second-order valence-corrected chi connectivity index (χ2v) is 15.6. The van der Waals surface area contributed by atoms with E-state index in [1.54, 1.807) is 13.1 Å². The third kappa shape index (κ3) is 3.22. The second kappa shape index (κ2) is 7.82. The monoisotopic (exact) mass is 498 g/mol. The third-order valence-corrected chi connectivity index (χ3v) is 12.2. The van der Waals surface area contributed by atoms with Gasteiger partial charge in [-0.15, -0.1) is 0 Å². The van der Waals surface area contributed by atoms with Crippen molar-refractivity contribution in [1.29, 1.82) is 0 Å². The van der Waals surface area contributed by atoms with Crippen LogP contribution in [0.4, 0.5) is 0 Å². The molecule has 0 radical (unpaired) electrons. The van der Waals surface area contributed by atoms with E-state index in [0.717, 1.165) is 6.92 Å². The molecule has 0 saturated heterocycles. The van der Waals surface area contributed by atoms with Crippen molar-refractivity contribution in [1.82, 2.24) is 0 Å². The van der Waals surface area contributed by atoms with E-state index in [-0.39, 0.29) is 22.6 Å². The molecule has 1 aromatic rings. The molecule has 190 valence electrons. The van der Waals surface area contributed by atoms with E-state index in [1.165, 1.54) is 26.4 Å². The van der Waals surface area contributed by atoms with Crippen LogP contribution in [-0.2, 0) is 4.43 Å². The predicted octanol–water partition coefficient (Wildman–Crippen LogP) is 0.422. The highest BCUT2D eigenvalue weighted by molar-refractivity contribution is 6.74. The summed E-state index contributed by atoms with van der Waals surface area (Å²) < 4.78 is 16.6. The maximum Gasteiger partial charge on any atom is 0.205 e. The van der Waals surface area contributed by atoms with Gasteiger partial charge in [0.1, 0.15) is 35.4 Å². The van der Waals surface area contributed by atoms with E-state index in [1.807, 2.05) is 20.8 Å². The average molecular weight is 499 g/mol. The van der Waals surface area contributed by atoms with Gasteiger partial charge in [0.25, 0.3) is 0 Å². The Morgan fingerprint density at radius 1 is 0.912 bits per heavy atom. The summed E-state index contributed by atoms with van der Waals surface area (Å²) >= 11 is 0. The van der Waals surface area contributed by atoms with Crippen LogP contribution in [0, 0.1) is 0 Å². The molecule has 0 amide bonds. The SMILES string of the molecule is COc1cc(OC)c2c(c1)C(=O)[C@@]1(O)[C@@H](O[Si](C)(C)C(C)(C)C)[C@](C)(O)[C@H](O)[C@@H](O)[C@@]1(O)C2=O. The molecule has 3 rings (SSSR count). The lowest BCUT2D eigenvalue weighted by atomic mass is 9.54. The Morgan fingerprint density at radius 2 is 1.47 bits per heavy atom. The lowest BCUT2D eigenvalue weighted by molar-refractivity contribution is -0.301. The van der Waals surface area contributed by atoms with Crippen molar-refractivity contribution in [2.45, 2.75) is 80.9 Å². The smallest absolute Gasteiger partial charge is 0.205 e. The lowest BCUT2D eigenvalue weighted by Gasteiger charge is -2.61. The molecule has 0 heterocycles. The molecule has 0 unspecified atom stereocenters. The fourth-order valence-corrected chi connectivity index (χ4v) is 5.86. The molecule has 6 atom stereocenters. The van der Waals surface area contributed by atoms with Crippen molar-refractivity contribution in [2.75, 3.05) is 14.2 Å². The standard InChI is InChI=1S/C23H34O10Si/c1-20(2,3)34(7,8)33-19-21(4,28)17(26)18(27)22(29)16(25)14-12(15(24)23(19,22)30)9-11(31-5)10-13(14)32-6/h9-10,17-19,26-30H,1-8H3/t17-,18-,19+,21-,22+,23-/m1/s1. The molecule has 0 aromatic heterocycles. The van der Waals surface area contributed by atoms with Gasteiger partial charge in [-0.1, -0.05) is 20.8 Å². The van der Waals surface area contributed by atoms with Crippen LogP contribution in [0.2, 0.25) is 18.1 Å². The van der Waals surface area contributed by atoms with Gasteiger partial charge in [0.05, 0.1) is 19.8 Å². The van der Waals surface area contributed by atoms with E-state index in [2.05, 4.69) is 0 Å². The second-order valence-electron chi connectivity index (χ2n) is 10.8. The summed E-state index contributed by atoms with van der Waals surface area (Å²) in [7, 11) is -0.341. The Labute approximate surface area is 199 Å². The van der Waals surface area contributed by atoms with E-state index >= 15 is 0 Å². The minimum absolute atomic E-state index is 0.135. The first-order valence-electron chi connectivity index (χ1n) is 10.9. The van der Waals surface area contributed by atoms with E-state index in [4.69, 9.17) is 13.9 Å².